The summed E-state index contributed by atoms with van der Waals surface area (Å²) in [5.74, 6) is 0.309. The highest BCUT2D eigenvalue weighted by Gasteiger charge is 2.35. The molecule has 0 bridgehead atoms. The quantitative estimate of drug-likeness (QED) is 0.940. The number of benzene rings is 1. The molecule has 0 aliphatic carbocycles. The fraction of sp³-hybridized carbons (Fsp3) is 0.200. The fourth-order valence-corrected chi connectivity index (χ4v) is 3.56. The van der Waals surface area contributed by atoms with Crippen LogP contribution in [0.15, 0.2) is 57.9 Å². The molecule has 1 amide bonds. The predicted octanol–water partition coefficient (Wildman–Crippen LogP) is 2.64. The van der Waals surface area contributed by atoms with Gasteiger partial charge in [0.15, 0.2) is 12.2 Å². The molecule has 0 radical (unpaired) electrons. The Morgan fingerprint density at radius 1 is 1.43 bits per heavy atom. The van der Waals surface area contributed by atoms with Crippen LogP contribution in [0, 0.1) is 0 Å². The molecule has 0 saturated heterocycles. The zero-order valence-corrected chi connectivity index (χ0v) is 12.3. The van der Waals surface area contributed by atoms with Gasteiger partial charge in [-0.05, 0) is 12.5 Å². The van der Waals surface area contributed by atoms with Crippen LogP contribution in [0.4, 0.5) is 0 Å². The highest BCUT2D eigenvalue weighted by molar-refractivity contribution is 8.04. The monoisotopic (exact) mass is 301 g/mol. The third-order valence-electron chi connectivity index (χ3n) is 3.39. The number of hydrogen-bond acceptors (Lipinski definition) is 5. The summed E-state index contributed by atoms with van der Waals surface area (Å²) in [5, 5.41) is -0.116. The second kappa shape index (κ2) is 5.65. The van der Waals surface area contributed by atoms with Crippen molar-refractivity contribution in [2.75, 3.05) is 0 Å². The molecule has 2 aromatic rings. The Balaban J connectivity index is 1.93. The van der Waals surface area contributed by atoms with Gasteiger partial charge in [-0.15, -0.1) is 0 Å². The van der Waals surface area contributed by atoms with Crippen LogP contribution in [-0.4, -0.2) is 15.8 Å². The van der Waals surface area contributed by atoms with E-state index in [2.05, 4.69) is 22.0 Å². The number of allylic oxidation sites excluding steroid dienone is 1. The molecule has 1 aromatic heterocycles. The van der Waals surface area contributed by atoms with E-state index in [-0.39, 0.29) is 5.37 Å². The van der Waals surface area contributed by atoms with Gasteiger partial charge in [-0.1, -0.05) is 42.1 Å². The zero-order valence-electron chi connectivity index (χ0n) is 11.5. The standard InChI is InChI=1S/C15H15N3O2S/c1-10-13(14(16)19)21-15(12-7-17-9-20-12)18(10)8-11-5-3-2-4-6-11/h2-7,9,15H,8H2,1H3,(H2,16,19). The van der Waals surface area contributed by atoms with Crippen LogP contribution in [0.3, 0.4) is 0 Å². The predicted molar refractivity (Wildman–Crippen MR) is 80.7 cm³/mol. The molecule has 1 atom stereocenters. The van der Waals surface area contributed by atoms with Crippen LogP contribution in [0.25, 0.3) is 0 Å². The SMILES string of the molecule is CC1=C(C(N)=O)SC(c2cnco2)N1Cc1ccccc1. The number of aromatic nitrogens is 1. The van der Waals surface area contributed by atoms with Crippen LogP contribution in [0.5, 0.6) is 0 Å². The first-order valence-electron chi connectivity index (χ1n) is 6.53. The highest BCUT2D eigenvalue weighted by Crippen LogP contribution is 2.47. The lowest BCUT2D eigenvalue weighted by atomic mass is 10.2. The number of carbonyl (C=O) groups excluding carboxylic acids is 1. The molecular weight excluding hydrogens is 286 g/mol. The Morgan fingerprint density at radius 3 is 2.81 bits per heavy atom. The molecule has 0 saturated carbocycles. The lowest BCUT2D eigenvalue weighted by Gasteiger charge is -2.26. The molecule has 3 rings (SSSR count). The molecule has 5 nitrogen and oxygen atoms in total. The first-order valence-corrected chi connectivity index (χ1v) is 7.41. The van der Waals surface area contributed by atoms with Gasteiger partial charge >= 0.3 is 0 Å². The van der Waals surface area contributed by atoms with Gasteiger partial charge in [0, 0.05) is 12.2 Å². The zero-order chi connectivity index (χ0) is 14.8. The van der Waals surface area contributed by atoms with Crippen molar-refractivity contribution < 1.29 is 9.21 Å². The minimum absolute atomic E-state index is 0.116. The number of carbonyl (C=O) groups is 1. The molecule has 0 fully saturated rings. The lowest BCUT2D eigenvalue weighted by Crippen LogP contribution is -2.21. The van der Waals surface area contributed by atoms with E-state index in [0.717, 1.165) is 11.3 Å². The highest BCUT2D eigenvalue weighted by atomic mass is 32.2. The van der Waals surface area contributed by atoms with Gasteiger partial charge in [0.25, 0.3) is 5.91 Å². The number of amides is 1. The molecule has 108 valence electrons. The number of hydrogen-bond donors (Lipinski definition) is 1. The van der Waals surface area contributed by atoms with Crippen molar-refractivity contribution >= 4 is 17.7 Å². The van der Waals surface area contributed by atoms with E-state index in [1.807, 2.05) is 25.1 Å². The van der Waals surface area contributed by atoms with Crippen molar-refractivity contribution in [2.24, 2.45) is 5.73 Å². The van der Waals surface area contributed by atoms with Crippen molar-refractivity contribution in [3.8, 4) is 0 Å². The van der Waals surface area contributed by atoms with Gasteiger partial charge in [-0.2, -0.15) is 0 Å². The maximum Gasteiger partial charge on any atom is 0.256 e. The summed E-state index contributed by atoms with van der Waals surface area (Å²) in [4.78, 5) is 18.2. The van der Waals surface area contributed by atoms with Crippen LogP contribution in [0.1, 0.15) is 23.6 Å². The van der Waals surface area contributed by atoms with E-state index in [9.17, 15) is 4.79 Å². The minimum atomic E-state index is -0.405. The summed E-state index contributed by atoms with van der Waals surface area (Å²) in [6.45, 7) is 2.59. The van der Waals surface area contributed by atoms with E-state index >= 15 is 0 Å². The number of oxazole rings is 1. The number of nitrogens with two attached hydrogens (primary N) is 1. The molecule has 1 aliphatic rings. The molecule has 2 heterocycles. The summed E-state index contributed by atoms with van der Waals surface area (Å²) in [5.41, 5.74) is 7.50. The number of primary amides is 1. The molecule has 1 unspecified atom stereocenters. The van der Waals surface area contributed by atoms with Crippen molar-refractivity contribution in [3.05, 3.63) is 64.8 Å². The van der Waals surface area contributed by atoms with E-state index in [1.165, 1.54) is 18.2 Å². The van der Waals surface area contributed by atoms with E-state index < -0.39 is 5.91 Å². The first-order chi connectivity index (χ1) is 10.2. The van der Waals surface area contributed by atoms with E-state index in [1.54, 1.807) is 6.20 Å². The smallest absolute Gasteiger partial charge is 0.256 e. The van der Waals surface area contributed by atoms with E-state index in [0.29, 0.717) is 17.2 Å². The Hall–Kier alpha value is -2.21. The van der Waals surface area contributed by atoms with Crippen molar-refractivity contribution in [2.45, 2.75) is 18.8 Å². The van der Waals surface area contributed by atoms with Crippen LogP contribution in [-0.2, 0) is 11.3 Å². The average Bonchev–Trinajstić information content (AvgIpc) is 3.09. The molecule has 0 spiro atoms. The van der Waals surface area contributed by atoms with Crippen LogP contribution >= 0.6 is 11.8 Å². The summed E-state index contributed by atoms with van der Waals surface area (Å²) in [7, 11) is 0. The van der Waals surface area contributed by atoms with Crippen molar-refractivity contribution in [1.82, 2.24) is 9.88 Å². The lowest BCUT2D eigenvalue weighted by molar-refractivity contribution is -0.114. The third kappa shape index (κ3) is 2.67. The van der Waals surface area contributed by atoms with E-state index in [4.69, 9.17) is 10.2 Å². The molecule has 1 aromatic carbocycles. The van der Waals surface area contributed by atoms with Gasteiger partial charge in [0.1, 0.15) is 5.37 Å². The summed E-state index contributed by atoms with van der Waals surface area (Å²) in [6, 6.07) is 10.1. The van der Waals surface area contributed by atoms with Crippen molar-refractivity contribution in [1.29, 1.82) is 0 Å². The Bertz CT molecular complexity index is 667. The molecule has 6 heteroatoms. The third-order valence-corrected chi connectivity index (χ3v) is 4.83. The fourth-order valence-electron chi connectivity index (χ4n) is 2.34. The molecule has 1 aliphatic heterocycles. The van der Waals surface area contributed by atoms with Gasteiger partial charge in [0.05, 0.1) is 11.1 Å². The molecule has 21 heavy (non-hydrogen) atoms. The normalized spacial score (nSPS) is 18.3. The average molecular weight is 301 g/mol. The number of nitrogens with zero attached hydrogens (tertiary/aromatic N) is 2. The summed E-state index contributed by atoms with van der Waals surface area (Å²) < 4.78 is 5.41. The van der Waals surface area contributed by atoms with Gasteiger partial charge in [-0.25, -0.2) is 4.98 Å². The Labute approximate surface area is 126 Å². The maximum atomic E-state index is 11.6. The second-order valence-electron chi connectivity index (χ2n) is 4.77. The Morgan fingerprint density at radius 2 is 2.19 bits per heavy atom. The summed E-state index contributed by atoms with van der Waals surface area (Å²) in [6.07, 6.45) is 3.07. The second-order valence-corrected chi connectivity index (χ2v) is 5.86. The number of rotatable bonds is 4. The van der Waals surface area contributed by atoms with Crippen LogP contribution < -0.4 is 5.73 Å². The number of thioether (sulfide) groups is 1. The van der Waals surface area contributed by atoms with Gasteiger partial charge in [0.2, 0.25) is 0 Å². The maximum absolute atomic E-state index is 11.6. The van der Waals surface area contributed by atoms with Crippen molar-refractivity contribution in [3.63, 3.8) is 0 Å². The van der Waals surface area contributed by atoms with Gasteiger partial charge in [-0.3, -0.25) is 4.79 Å². The molecular formula is C15H15N3O2S. The largest absolute Gasteiger partial charge is 0.445 e. The van der Waals surface area contributed by atoms with Gasteiger partial charge < -0.3 is 15.1 Å². The summed E-state index contributed by atoms with van der Waals surface area (Å²) >= 11 is 1.41. The first kappa shape index (κ1) is 13.8. The van der Waals surface area contributed by atoms with Crippen LogP contribution in [0.2, 0.25) is 0 Å². The molecule has 2 N–H and O–H groups in total. The topological polar surface area (TPSA) is 72.4 Å². The Kier molecular flexibility index (Phi) is 3.70. The minimum Gasteiger partial charge on any atom is -0.445 e.